The molecule has 0 fully saturated rings. The Morgan fingerprint density at radius 3 is 2.59 bits per heavy atom. The van der Waals surface area contributed by atoms with Crippen LogP contribution in [0.5, 0.6) is 11.5 Å². The summed E-state index contributed by atoms with van der Waals surface area (Å²) in [5.74, 6) is 1.65. The van der Waals surface area contributed by atoms with Crippen LogP contribution in [0.1, 0.15) is 11.1 Å². The predicted molar refractivity (Wildman–Crippen MR) is 89.3 cm³/mol. The van der Waals surface area contributed by atoms with Crippen molar-refractivity contribution >= 4 is 23.2 Å². The second-order valence-corrected chi connectivity index (χ2v) is 5.98. The van der Waals surface area contributed by atoms with E-state index in [-0.39, 0.29) is 0 Å². The van der Waals surface area contributed by atoms with Gasteiger partial charge in [0.05, 0.1) is 0 Å². The fourth-order valence-electron chi connectivity index (χ4n) is 2.38. The number of ether oxygens (including phenoxy) is 2. The molecular weight excluding hydrogens is 321 g/mol. The van der Waals surface area contributed by atoms with Crippen LogP contribution < -0.4 is 14.8 Å². The smallest absolute Gasteiger partial charge is 0.161 e. The van der Waals surface area contributed by atoms with Crippen LogP contribution in [0, 0.1) is 0 Å². The molecule has 1 N–H and O–H groups in total. The van der Waals surface area contributed by atoms with Crippen molar-refractivity contribution in [2.45, 2.75) is 13.0 Å². The Bertz CT molecular complexity index is 661. The molecule has 0 aliphatic carbocycles. The van der Waals surface area contributed by atoms with E-state index in [4.69, 9.17) is 32.7 Å². The van der Waals surface area contributed by atoms with Gasteiger partial charge >= 0.3 is 0 Å². The number of benzene rings is 2. The number of nitrogens with one attached hydrogen (secondary N) is 1. The fraction of sp³-hybridized carbons (Fsp3) is 0.294. The van der Waals surface area contributed by atoms with E-state index >= 15 is 0 Å². The second kappa shape index (κ2) is 7.23. The molecule has 1 heterocycles. The molecule has 0 saturated carbocycles. The first-order valence-corrected chi connectivity index (χ1v) is 8.01. The summed E-state index contributed by atoms with van der Waals surface area (Å²) in [6, 6.07) is 11.6. The van der Waals surface area contributed by atoms with Gasteiger partial charge < -0.3 is 14.8 Å². The van der Waals surface area contributed by atoms with E-state index in [1.807, 2.05) is 24.3 Å². The van der Waals surface area contributed by atoms with Gasteiger partial charge in [0.1, 0.15) is 13.2 Å². The number of hydrogen-bond acceptors (Lipinski definition) is 3. The zero-order chi connectivity index (χ0) is 15.4. The summed E-state index contributed by atoms with van der Waals surface area (Å²) in [6.07, 6.45) is 0.862. The lowest BCUT2D eigenvalue weighted by atomic mass is 10.1. The Morgan fingerprint density at radius 2 is 1.77 bits per heavy atom. The third-order valence-electron chi connectivity index (χ3n) is 3.52. The van der Waals surface area contributed by atoms with Crippen LogP contribution in [0.2, 0.25) is 10.0 Å². The minimum absolute atomic E-state index is 0.610. The molecule has 22 heavy (non-hydrogen) atoms. The van der Waals surface area contributed by atoms with Crippen molar-refractivity contribution in [2.75, 3.05) is 19.8 Å². The predicted octanol–water partition coefficient (Wildman–Crippen LogP) is 4.10. The van der Waals surface area contributed by atoms with Gasteiger partial charge in [-0.15, -0.1) is 0 Å². The van der Waals surface area contributed by atoms with Gasteiger partial charge in [0.15, 0.2) is 11.5 Å². The van der Waals surface area contributed by atoms with Crippen LogP contribution >= 0.6 is 23.2 Å². The van der Waals surface area contributed by atoms with Crippen molar-refractivity contribution in [1.29, 1.82) is 0 Å². The molecule has 5 heteroatoms. The average molecular weight is 338 g/mol. The molecule has 0 spiro atoms. The average Bonchev–Trinajstić information content (AvgIpc) is 2.53. The molecule has 116 valence electrons. The van der Waals surface area contributed by atoms with E-state index in [0.29, 0.717) is 23.3 Å². The lowest BCUT2D eigenvalue weighted by molar-refractivity contribution is 0.171. The lowest BCUT2D eigenvalue weighted by Gasteiger charge is -2.19. The molecule has 3 rings (SSSR count). The van der Waals surface area contributed by atoms with Gasteiger partial charge in [-0.05, 0) is 48.4 Å². The minimum Gasteiger partial charge on any atom is -0.486 e. The first kappa shape index (κ1) is 15.5. The molecule has 0 bridgehead atoms. The summed E-state index contributed by atoms with van der Waals surface area (Å²) in [6.45, 7) is 2.85. The highest BCUT2D eigenvalue weighted by molar-refractivity contribution is 6.35. The number of hydrogen-bond donors (Lipinski definition) is 1. The summed E-state index contributed by atoms with van der Waals surface area (Å²) in [4.78, 5) is 0. The van der Waals surface area contributed by atoms with Crippen molar-refractivity contribution in [3.8, 4) is 11.5 Å². The van der Waals surface area contributed by atoms with Crippen molar-refractivity contribution in [1.82, 2.24) is 5.32 Å². The Morgan fingerprint density at radius 1 is 0.955 bits per heavy atom. The summed E-state index contributed by atoms with van der Waals surface area (Å²) < 4.78 is 11.1. The number of halogens is 2. The number of fused-ring (bicyclic) bond motifs is 1. The van der Waals surface area contributed by atoms with Crippen molar-refractivity contribution in [3.05, 3.63) is 57.6 Å². The maximum absolute atomic E-state index is 6.16. The van der Waals surface area contributed by atoms with E-state index in [2.05, 4.69) is 11.4 Å². The van der Waals surface area contributed by atoms with E-state index in [9.17, 15) is 0 Å². The SMILES string of the molecule is Clc1ccc(CCNCc2ccc3c(c2)OCCO3)c(Cl)c1. The van der Waals surface area contributed by atoms with E-state index in [1.165, 1.54) is 5.56 Å². The monoisotopic (exact) mass is 337 g/mol. The quantitative estimate of drug-likeness (QED) is 0.833. The maximum atomic E-state index is 6.16. The summed E-state index contributed by atoms with van der Waals surface area (Å²) >= 11 is 12.1. The molecular formula is C17H17Cl2NO2. The second-order valence-electron chi connectivity index (χ2n) is 5.14. The molecule has 0 radical (unpaired) electrons. The highest BCUT2D eigenvalue weighted by Crippen LogP contribution is 2.30. The van der Waals surface area contributed by atoms with Crippen LogP contribution in [0.4, 0.5) is 0 Å². The van der Waals surface area contributed by atoms with E-state index < -0.39 is 0 Å². The normalized spacial score (nSPS) is 13.2. The molecule has 0 amide bonds. The van der Waals surface area contributed by atoms with Crippen molar-refractivity contribution in [2.24, 2.45) is 0 Å². The van der Waals surface area contributed by atoms with Gasteiger partial charge in [0.25, 0.3) is 0 Å². The van der Waals surface area contributed by atoms with Gasteiger partial charge in [-0.25, -0.2) is 0 Å². The van der Waals surface area contributed by atoms with E-state index in [1.54, 1.807) is 6.07 Å². The third kappa shape index (κ3) is 3.86. The van der Waals surface area contributed by atoms with Crippen LogP contribution in [0.25, 0.3) is 0 Å². The van der Waals surface area contributed by atoms with Crippen LogP contribution in [0.15, 0.2) is 36.4 Å². The molecule has 2 aromatic carbocycles. The molecule has 0 saturated heterocycles. The van der Waals surface area contributed by atoms with E-state index in [0.717, 1.165) is 36.6 Å². The molecule has 3 nitrogen and oxygen atoms in total. The van der Waals surface area contributed by atoms with Gasteiger partial charge in [-0.3, -0.25) is 0 Å². The Hall–Kier alpha value is -1.42. The molecule has 1 aliphatic rings. The lowest BCUT2D eigenvalue weighted by Crippen LogP contribution is -2.18. The largest absolute Gasteiger partial charge is 0.486 e. The maximum Gasteiger partial charge on any atom is 0.161 e. The summed E-state index contributed by atoms with van der Waals surface area (Å²) in [5.41, 5.74) is 2.27. The minimum atomic E-state index is 0.610. The Balaban J connectivity index is 1.51. The molecule has 0 unspecified atom stereocenters. The summed E-state index contributed by atoms with van der Waals surface area (Å²) in [7, 11) is 0. The third-order valence-corrected chi connectivity index (χ3v) is 4.11. The van der Waals surface area contributed by atoms with Gasteiger partial charge in [0, 0.05) is 16.6 Å². The van der Waals surface area contributed by atoms with Crippen LogP contribution in [0.3, 0.4) is 0 Å². The number of rotatable bonds is 5. The zero-order valence-electron chi connectivity index (χ0n) is 12.1. The van der Waals surface area contributed by atoms with Crippen LogP contribution in [-0.4, -0.2) is 19.8 Å². The Labute approximate surface area is 140 Å². The van der Waals surface area contributed by atoms with Crippen molar-refractivity contribution in [3.63, 3.8) is 0 Å². The van der Waals surface area contributed by atoms with Gasteiger partial charge in [-0.1, -0.05) is 35.3 Å². The van der Waals surface area contributed by atoms with Crippen LogP contribution in [-0.2, 0) is 13.0 Å². The zero-order valence-corrected chi connectivity index (χ0v) is 13.6. The van der Waals surface area contributed by atoms with Crippen molar-refractivity contribution < 1.29 is 9.47 Å². The summed E-state index contributed by atoms with van der Waals surface area (Å²) in [5, 5.41) is 4.79. The molecule has 0 aromatic heterocycles. The molecule has 2 aromatic rings. The fourth-order valence-corrected chi connectivity index (χ4v) is 2.88. The van der Waals surface area contributed by atoms with Gasteiger partial charge in [0.2, 0.25) is 0 Å². The topological polar surface area (TPSA) is 30.5 Å². The van der Waals surface area contributed by atoms with Gasteiger partial charge in [-0.2, -0.15) is 0 Å². The molecule has 0 atom stereocenters. The Kier molecular flexibility index (Phi) is 5.08. The highest BCUT2D eigenvalue weighted by atomic mass is 35.5. The first-order chi connectivity index (χ1) is 10.7. The highest BCUT2D eigenvalue weighted by Gasteiger charge is 2.11. The molecule has 1 aliphatic heterocycles. The first-order valence-electron chi connectivity index (χ1n) is 7.25. The standard InChI is InChI=1S/C17H17Cl2NO2/c18-14-3-2-13(15(19)10-14)5-6-20-11-12-1-4-16-17(9-12)22-8-7-21-16/h1-4,9-10,20H,5-8,11H2.